The highest BCUT2D eigenvalue weighted by atomic mass is 16.5. The number of amides is 1. The number of anilines is 1. The number of nitrogens with zero attached hydrogens (tertiary/aromatic N) is 1. The van der Waals surface area contributed by atoms with Crippen LogP contribution in [-0.2, 0) is 17.6 Å². The lowest BCUT2D eigenvalue weighted by atomic mass is 10.1. The van der Waals surface area contributed by atoms with E-state index in [1.165, 1.54) is 0 Å². The van der Waals surface area contributed by atoms with Crippen LogP contribution in [0.3, 0.4) is 0 Å². The van der Waals surface area contributed by atoms with Crippen molar-refractivity contribution in [3.05, 3.63) is 41.6 Å². The molecule has 1 aliphatic heterocycles. The zero-order chi connectivity index (χ0) is 13.2. The monoisotopic (exact) mass is 257 g/mol. The highest BCUT2D eigenvalue weighted by molar-refractivity contribution is 5.94. The maximum absolute atomic E-state index is 12.1. The molecule has 0 spiro atoms. The molecule has 0 saturated carbocycles. The number of fused-ring (bicyclic) bond motifs is 1. The minimum Gasteiger partial charge on any atom is -0.480 e. The number of hydrogen-bond acceptors (Lipinski definition) is 3. The van der Waals surface area contributed by atoms with Gasteiger partial charge in [-0.2, -0.15) is 5.10 Å². The quantitative estimate of drug-likeness (QED) is 0.882. The fourth-order valence-electron chi connectivity index (χ4n) is 2.14. The van der Waals surface area contributed by atoms with E-state index < -0.39 is 6.10 Å². The van der Waals surface area contributed by atoms with Crippen LogP contribution in [0.1, 0.15) is 18.2 Å². The molecule has 5 nitrogen and oxygen atoms in total. The number of H-pyrrole nitrogens is 1. The van der Waals surface area contributed by atoms with Gasteiger partial charge in [0.25, 0.3) is 5.91 Å². The molecule has 0 radical (unpaired) electrons. The second kappa shape index (κ2) is 4.76. The molecular formula is C14H15N3O2. The lowest BCUT2D eigenvalue weighted by Crippen LogP contribution is -2.31. The number of aromatic nitrogens is 2. The maximum atomic E-state index is 12.1. The summed E-state index contributed by atoms with van der Waals surface area (Å²) < 4.78 is 5.62. The Kier molecular flexibility index (Phi) is 2.95. The molecule has 1 amide bonds. The molecule has 1 aromatic carbocycles. The Labute approximate surface area is 111 Å². The van der Waals surface area contributed by atoms with Gasteiger partial charge < -0.3 is 10.1 Å². The molecule has 0 bridgehead atoms. The first kappa shape index (κ1) is 11.8. The number of para-hydroxylation sites is 1. The minimum atomic E-state index is -0.473. The molecule has 1 aliphatic rings. The zero-order valence-electron chi connectivity index (χ0n) is 10.6. The van der Waals surface area contributed by atoms with Crippen molar-refractivity contribution < 1.29 is 9.53 Å². The number of aromatic amines is 1. The molecular weight excluding hydrogens is 242 g/mol. The van der Waals surface area contributed by atoms with Crippen LogP contribution in [0, 0.1) is 0 Å². The van der Waals surface area contributed by atoms with Crippen molar-refractivity contribution in [3.63, 3.8) is 0 Å². The fraction of sp³-hybridized carbons (Fsp3) is 0.286. The van der Waals surface area contributed by atoms with Crippen LogP contribution in [0.2, 0.25) is 0 Å². The van der Waals surface area contributed by atoms with E-state index in [2.05, 4.69) is 15.5 Å². The molecule has 2 aromatic rings. The van der Waals surface area contributed by atoms with Gasteiger partial charge in [0.05, 0.1) is 0 Å². The van der Waals surface area contributed by atoms with Gasteiger partial charge in [0.1, 0.15) is 5.75 Å². The average Bonchev–Trinajstić information content (AvgIpc) is 3.04. The standard InChI is InChI=1S/C14H15N3O2/c1-2-10-8-13(17-16-10)15-14(18)12-7-9-5-3-4-6-11(9)19-12/h3-6,8,12H,2,7H2,1H3,(H2,15,16,17,18). The predicted octanol–water partition coefficient (Wildman–Crippen LogP) is 1.91. The van der Waals surface area contributed by atoms with Gasteiger partial charge in [-0.3, -0.25) is 9.89 Å². The lowest BCUT2D eigenvalue weighted by molar-refractivity contribution is -0.122. The number of rotatable bonds is 3. The van der Waals surface area contributed by atoms with Crippen LogP contribution in [0.15, 0.2) is 30.3 Å². The van der Waals surface area contributed by atoms with Crippen molar-refractivity contribution in [2.24, 2.45) is 0 Å². The van der Waals surface area contributed by atoms with E-state index in [4.69, 9.17) is 4.74 Å². The van der Waals surface area contributed by atoms with Crippen LogP contribution in [0.25, 0.3) is 0 Å². The Balaban J connectivity index is 1.66. The number of carbonyl (C=O) groups is 1. The van der Waals surface area contributed by atoms with Crippen LogP contribution in [0.5, 0.6) is 5.75 Å². The van der Waals surface area contributed by atoms with Gasteiger partial charge in [-0.05, 0) is 18.1 Å². The molecule has 0 fully saturated rings. The summed E-state index contributed by atoms with van der Waals surface area (Å²) in [5, 5.41) is 9.67. The van der Waals surface area contributed by atoms with Crippen molar-refractivity contribution in [2.75, 3.05) is 5.32 Å². The summed E-state index contributed by atoms with van der Waals surface area (Å²) in [4.78, 5) is 12.1. The number of ether oxygens (including phenoxy) is 1. The van der Waals surface area contributed by atoms with Gasteiger partial charge in [-0.1, -0.05) is 25.1 Å². The molecule has 98 valence electrons. The Bertz CT molecular complexity index is 581. The van der Waals surface area contributed by atoms with E-state index >= 15 is 0 Å². The summed E-state index contributed by atoms with van der Waals surface area (Å²) in [6, 6.07) is 9.54. The summed E-state index contributed by atoms with van der Waals surface area (Å²) in [7, 11) is 0. The summed E-state index contributed by atoms with van der Waals surface area (Å²) in [6.07, 6.45) is 0.987. The van der Waals surface area contributed by atoms with E-state index in [9.17, 15) is 4.79 Å². The molecule has 0 aliphatic carbocycles. The van der Waals surface area contributed by atoms with E-state index in [0.29, 0.717) is 12.2 Å². The van der Waals surface area contributed by atoms with Gasteiger partial charge in [0.2, 0.25) is 0 Å². The van der Waals surface area contributed by atoms with Crippen molar-refractivity contribution in [1.29, 1.82) is 0 Å². The zero-order valence-corrected chi connectivity index (χ0v) is 10.6. The summed E-state index contributed by atoms with van der Waals surface area (Å²) in [5.41, 5.74) is 2.06. The SMILES string of the molecule is CCc1cc(NC(=O)C2Cc3ccccc3O2)n[nH]1. The van der Waals surface area contributed by atoms with Gasteiger partial charge in [0, 0.05) is 18.2 Å². The summed E-state index contributed by atoms with van der Waals surface area (Å²) in [6.45, 7) is 2.02. The van der Waals surface area contributed by atoms with Crippen molar-refractivity contribution >= 4 is 11.7 Å². The van der Waals surface area contributed by atoms with E-state index in [1.54, 1.807) is 0 Å². The third-order valence-electron chi connectivity index (χ3n) is 3.20. The summed E-state index contributed by atoms with van der Waals surface area (Å²) in [5.74, 6) is 1.17. The number of aryl methyl sites for hydroxylation is 1. The highest BCUT2D eigenvalue weighted by Crippen LogP contribution is 2.28. The van der Waals surface area contributed by atoms with Gasteiger partial charge in [-0.25, -0.2) is 0 Å². The van der Waals surface area contributed by atoms with Gasteiger partial charge >= 0.3 is 0 Å². The molecule has 5 heteroatoms. The smallest absolute Gasteiger partial charge is 0.266 e. The number of benzene rings is 1. The van der Waals surface area contributed by atoms with Crippen LogP contribution in [0.4, 0.5) is 5.82 Å². The normalized spacial score (nSPS) is 16.8. The summed E-state index contributed by atoms with van der Waals surface area (Å²) >= 11 is 0. The van der Waals surface area contributed by atoms with Gasteiger partial charge in [0.15, 0.2) is 11.9 Å². The molecule has 1 aromatic heterocycles. The minimum absolute atomic E-state index is 0.162. The lowest BCUT2D eigenvalue weighted by Gasteiger charge is -2.09. The van der Waals surface area contributed by atoms with Crippen molar-refractivity contribution in [3.8, 4) is 5.75 Å². The Morgan fingerprint density at radius 1 is 1.53 bits per heavy atom. The third-order valence-corrected chi connectivity index (χ3v) is 3.20. The Hall–Kier alpha value is -2.30. The average molecular weight is 257 g/mol. The first-order chi connectivity index (χ1) is 9.26. The number of hydrogen-bond donors (Lipinski definition) is 2. The van der Waals surface area contributed by atoms with Crippen LogP contribution < -0.4 is 10.1 Å². The topological polar surface area (TPSA) is 67.0 Å². The Morgan fingerprint density at radius 2 is 2.37 bits per heavy atom. The van der Waals surface area contributed by atoms with Gasteiger partial charge in [-0.15, -0.1) is 0 Å². The fourth-order valence-corrected chi connectivity index (χ4v) is 2.14. The van der Waals surface area contributed by atoms with Crippen LogP contribution >= 0.6 is 0 Å². The van der Waals surface area contributed by atoms with E-state index in [0.717, 1.165) is 23.4 Å². The second-order valence-electron chi connectivity index (χ2n) is 4.54. The second-order valence-corrected chi connectivity index (χ2v) is 4.54. The first-order valence-electron chi connectivity index (χ1n) is 6.36. The molecule has 0 saturated heterocycles. The predicted molar refractivity (Wildman–Crippen MR) is 71.2 cm³/mol. The first-order valence-corrected chi connectivity index (χ1v) is 6.36. The van der Waals surface area contributed by atoms with E-state index in [1.807, 2.05) is 37.3 Å². The van der Waals surface area contributed by atoms with Crippen molar-refractivity contribution in [1.82, 2.24) is 10.2 Å². The largest absolute Gasteiger partial charge is 0.480 e. The van der Waals surface area contributed by atoms with E-state index in [-0.39, 0.29) is 5.91 Å². The third kappa shape index (κ3) is 2.31. The maximum Gasteiger partial charge on any atom is 0.266 e. The molecule has 19 heavy (non-hydrogen) atoms. The molecule has 3 rings (SSSR count). The molecule has 2 heterocycles. The van der Waals surface area contributed by atoms with Crippen LogP contribution in [-0.4, -0.2) is 22.2 Å². The highest BCUT2D eigenvalue weighted by Gasteiger charge is 2.29. The Morgan fingerprint density at radius 3 is 3.11 bits per heavy atom. The number of carbonyl (C=O) groups excluding carboxylic acids is 1. The molecule has 1 unspecified atom stereocenters. The van der Waals surface area contributed by atoms with Crippen molar-refractivity contribution in [2.45, 2.75) is 25.9 Å². The molecule has 1 atom stereocenters. The molecule has 2 N–H and O–H groups in total. The number of nitrogens with one attached hydrogen (secondary N) is 2.